The Morgan fingerprint density at radius 3 is 2.30 bits per heavy atom. The van der Waals surface area contributed by atoms with Crippen LogP contribution < -0.4 is 4.74 Å². The number of nitrogens with zero attached hydrogens (tertiary/aromatic N) is 2. The topological polar surface area (TPSA) is 62.7 Å². The number of carbonyl (C=O) groups is 1. The standard InChI is InChI=1S/C18H20N2O3/c1-23-16-4-2-15(3-5-16)18(22)8-12-20(13-9-18)17(21)14-6-10-19-11-7-14/h2-7,10-11,22H,8-9,12-13H2,1H3. The minimum atomic E-state index is -0.888. The zero-order chi connectivity index (χ0) is 16.3. The number of hydrogen-bond donors (Lipinski definition) is 1. The van der Waals surface area contributed by atoms with Crippen LogP contribution in [0.2, 0.25) is 0 Å². The molecule has 0 radical (unpaired) electrons. The van der Waals surface area contributed by atoms with Crippen LogP contribution in [0, 0.1) is 0 Å². The van der Waals surface area contributed by atoms with Crippen LogP contribution in [0.3, 0.4) is 0 Å². The Morgan fingerprint density at radius 1 is 1.13 bits per heavy atom. The van der Waals surface area contributed by atoms with Gasteiger partial charge < -0.3 is 14.7 Å². The fraction of sp³-hybridized carbons (Fsp3) is 0.333. The second-order valence-electron chi connectivity index (χ2n) is 5.79. The lowest BCUT2D eigenvalue weighted by molar-refractivity contribution is -0.0211. The van der Waals surface area contributed by atoms with Crippen molar-refractivity contribution in [3.8, 4) is 5.75 Å². The summed E-state index contributed by atoms with van der Waals surface area (Å²) in [6.07, 6.45) is 4.28. The van der Waals surface area contributed by atoms with Crippen molar-refractivity contribution >= 4 is 5.91 Å². The fourth-order valence-electron chi connectivity index (χ4n) is 2.95. The smallest absolute Gasteiger partial charge is 0.253 e. The van der Waals surface area contributed by atoms with E-state index in [1.54, 1.807) is 36.5 Å². The highest BCUT2D eigenvalue weighted by atomic mass is 16.5. The third kappa shape index (κ3) is 3.19. The lowest BCUT2D eigenvalue weighted by Gasteiger charge is -2.38. The molecule has 3 rings (SSSR count). The molecule has 0 unspecified atom stereocenters. The van der Waals surface area contributed by atoms with Gasteiger partial charge in [0.1, 0.15) is 5.75 Å². The lowest BCUT2D eigenvalue weighted by atomic mass is 9.84. The minimum Gasteiger partial charge on any atom is -0.497 e. The van der Waals surface area contributed by atoms with Crippen LogP contribution in [-0.2, 0) is 5.60 Å². The number of ether oxygens (including phenoxy) is 1. The first-order valence-corrected chi connectivity index (χ1v) is 7.69. The van der Waals surface area contributed by atoms with E-state index in [2.05, 4.69) is 4.98 Å². The molecular formula is C18H20N2O3. The highest BCUT2D eigenvalue weighted by Crippen LogP contribution is 2.34. The zero-order valence-corrected chi connectivity index (χ0v) is 13.1. The average Bonchev–Trinajstić information content (AvgIpc) is 2.62. The molecule has 0 spiro atoms. The summed E-state index contributed by atoms with van der Waals surface area (Å²) in [6.45, 7) is 1.06. The van der Waals surface area contributed by atoms with Gasteiger partial charge in [0.2, 0.25) is 0 Å². The normalized spacial score (nSPS) is 16.9. The number of hydrogen-bond acceptors (Lipinski definition) is 4. The minimum absolute atomic E-state index is 0.0100. The van der Waals surface area contributed by atoms with Crippen LogP contribution in [0.5, 0.6) is 5.75 Å². The van der Waals surface area contributed by atoms with E-state index in [0.717, 1.165) is 11.3 Å². The van der Waals surface area contributed by atoms with Crippen LogP contribution in [0.25, 0.3) is 0 Å². The van der Waals surface area contributed by atoms with Gasteiger partial charge in [0.05, 0.1) is 12.7 Å². The van der Waals surface area contributed by atoms with Gasteiger partial charge in [0.15, 0.2) is 0 Å². The van der Waals surface area contributed by atoms with Crippen LogP contribution in [0.1, 0.15) is 28.8 Å². The summed E-state index contributed by atoms with van der Waals surface area (Å²) in [5.41, 5.74) is 0.616. The Kier molecular flexibility index (Phi) is 4.30. The molecule has 0 atom stereocenters. The number of pyridine rings is 1. The summed E-state index contributed by atoms with van der Waals surface area (Å²) in [5.74, 6) is 0.756. The molecule has 1 amide bonds. The predicted octanol–water partition coefficient (Wildman–Crippen LogP) is 2.21. The number of benzene rings is 1. The van der Waals surface area contributed by atoms with E-state index < -0.39 is 5.60 Å². The first kappa shape index (κ1) is 15.5. The Hall–Kier alpha value is -2.40. The molecule has 120 valence electrons. The van der Waals surface area contributed by atoms with Crippen LogP contribution in [0.4, 0.5) is 0 Å². The molecule has 2 heterocycles. The summed E-state index contributed by atoms with van der Waals surface area (Å²) < 4.78 is 5.15. The molecule has 1 aromatic carbocycles. The Morgan fingerprint density at radius 2 is 1.74 bits per heavy atom. The number of likely N-dealkylation sites (tertiary alicyclic amines) is 1. The van der Waals surface area contributed by atoms with Crippen molar-refractivity contribution in [1.82, 2.24) is 9.88 Å². The van der Waals surface area contributed by atoms with Gasteiger partial charge in [-0.3, -0.25) is 9.78 Å². The van der Waals surface area contributed by atoms with Crippen molar-refractivity contribution in [2.45, 2.75) is 18.4 Å². The maximum Gasteiger partial charge on any atom is 0.253 e. The summed E-state index contributed by atoms with van der Waals surface area (Å²) >= 11 is 0. The quantitative estimate of drug-likeness (QED) is 0.944. The molecule has 5 nitrogen and oxygen atoms in total. The summed E-state index contributed by atoms with van der Waals surface area (Å²) in [7, 11) is 1.62. The molecule has 1 fully saturated rings. The average molecular weight is 312 g/mol. The number of carbonyl (C=O) groups excluding carboxylic acids is 1. The third-order valence-corrected chi connectivity index (χ3v) is 4.43. The first-order valence-electron chi connectivity index (χ1n) is 7.69. The maximum atomic E-state index is 12.4. The van der Waals surface area contributed by atoms with Crippen molar-refractivity contribution in [1.29, 1.82) is 0 Å². The van der Waals surface area contributed by atoms with E-state index in [1.165, 1.54) is 0 Å². The Balaban J connectivity index is 1.68. The second-order valence-corrected chi connectivity index (χ2v) is 5.79. The Labute approximate surface area is 135 Å². The van der Waals surface area contributed by atoms with Crippen molar-refractivity contribution in [3.05, 3.63) is 59.9 Å². The van der Waals surface area contributed by atoms with Gasteiger partial charge in [-0.15, -0.1) is 0 Å². The van der Waals surface area contributed by atoms with Gasteiger partial charge in [-0.25, -0.2) is 0 Å². The number of methoxy groups -OCH3 is 1. The van der Waals surface area contributed by atoms with Gasteiger partial charge in [-0.05, 0) is 42.7 Å². The van der Waals surface area contributed by atoms with Crippen molar-refractivity contribution in [2.24, 2.45) is 0 Å². The number of amides is 1. The van der Waals surface area contributed by atoms with E-state index in [9.17, 15) is 9.90 Å². The SMILES string of the molecule is COc1ccc(C2(O)CCN(C(=O)c3ccncc3)CC2)cc1. The summed E-state index contributed by atoms with van der Waals surface area (Å²) in [6, 6.07) is 10.9. The molecule has 0 bridgehead atoms. The molecule has 0 aliphatic carbocycles. The highest BCUT2D eigenvalue weighted by molar-refractivity contribution is 5.94. The van der Waals surface area contributed by atoms with Crippen molar-refractivity contribution in [2.75, 3.05) is 20.2 Å². The number of aliphatic hydroxyl groups is 1. The van der Waals surface area contributed by atoms with E-state index in [-0.39, 0.29) is 5.91 Å². The van der Waals surface area contributed by atoms with Crippen molar-refractivity contribution in [3.63, 3.8) is 0 Å². The molecule has 2 aromatic rings. The highest BCUT2D eigenvalue weighted by Gasteiger charge is 2.35. The van der Waals surface area contributed by atoms with E-state index in [0.29, 0.717) is 31.5 Å². The molecule has 1 aliphatic rings. The first-order chi connectivity index (χ1) is 11.1. The molecule has 1 N–H and O–H groups in total. The predicted molar refractivity (Wildman–Crippen MR) is 86.3 cm³/mol. The fourth-order valence-corrected chi connectivity index (χ4v) is 2.95. The van der Waals surface area contributed by atoms with Crippen LogP contribution >= 0.6 is 0 Å². The number of aromatic nitrogens is 1. The monoisotopic (exact) mass is 312 g/mol. The van der Waals surface area contributed by atoms with E-state index >= 15 is 0 Å². The van der Waals surface area contributed by atoms with Crippen LogP contribution in [0.15, 0.2) is 48.8 Å². The molecule has 1 saturated heterocycles. The Bertz CT molecular complexity index is 662. The lowest BCUT2D eigenvalue weighted by Crippen LogP contribution is -2.45. The van der Waals surface area contributed by atoms with Crippen LogP contribution in [-0.4, -0.2) is 41.1 Å². The maximum absolute atomic E-state index is 12.4. The van der Waals surface area contributed by atoms with Crippen molar-refractivity contribution < 1.29 is 14.6 Å². The summed E-state index contributed by atoms with van der Waals surface area (Å²) in [5, 5.41) is 10.9. The summed E-state index contributed by atoms with van der Waals surface area (Å²) in [4.78, 5) is 18.1. The van der Waals surface area contributed by atoms with E-state index in [1.807, 2.05) is 24.3 Å². The molecule has 23 heavy (non-hydrogen) atoms. The molecule has 5 heteroatoms. The van der Waals surface area contributed by atoms with Gasteiger partial charge in [0, 0.05) is 31.0 Å². The van der Waals surface area contributed by atoms with Gasteiger partial charge in [-0.2, -0.15) is 0 Å². The molecule has 0 saturated carbocycles. The van der Waals surface area contributed by atoms with Gasteiger partial charge >= 0.3 is 0 Å². The van der Waals surface area contributed by atoms with E-state index in [4.69, 9.17) is 4.74 Å². The second kappa shape index (κ2) is 6.38. The largest absolute Gasteiger partial charge is 0.497 e. The van der Waals surface area contributed by atoms with Gasteiger partial charge in [-0.1, -0.05) is 12.1 Å². The van der Waals surface area contributed by atoms with Gasteiger partial charge in [0.25, 0.3) is 5.91 Å². The number of piperidine rings is 1. The number of rotatable bonds is 3. The third-order valence-electron chi connectivity index (χ3n) is 4.43. The molecule has 1 aliphatic heterocycles. The molecule has 1 aromatic heterocycles. The molecular weight excluding hydrogens is 292 g/mol. The zero-order valence-electron chi connectivity index (χ0n) is 13.1.